The van der Waals surface area contributed by atoms with Crippen LogP contribution in [-0.2, 0) is 4.79 Å². The molecule has 1 N–H and O–H groups in total. The monoisotopic (exact) mass is 381 g/mol. The summed E-state index contributed by atoms with van der Waals surface area (Å²) >= 11 is 0. The first-order valence-corrected chi connectivity index (χ1v) is 10.7. The van der Waals surface area contributed by atoms with E-state index >= 15 is 0 Å². The summed E-state index contributed by atoms with van der Waals surface area (Å²) in [6.07, 6.45) is 7.12. The number of piperidine rings is 1. The summed E-state index contributed by atoms with van der Waals surface area (Å²) in [6, 6.07) is 6.29. The molecule has 6 heteroatoms. The van der Waals surface area contributed by atoms with Gasteiger partial charge in [-0.3, -0.25) is 4.79 Å². The van der Waals surface area contributed by atoms with Gasteiger partial charge in [-0.2, -0.15) is 0 Å². The summed E-state index contributed by atoms with van der Waals surface area (Å²) < 4.78 is 0. The van der Waals surface area contributed by atoms with E-state index in [0.29, 0.717) is 0 Å². The van der Waals surface area contributed by atoms with Crippen molar-refractivity contribution < 1.29 is 4.79 Å². The maximum absolute atomic E-state index is 12.5. The molecule has 0 unspecified atom stereocenters. The number of benzene rings is 1. The Hall–Kier alpha value is -2.21. The van der Waals surface area contributed by atoms with Gasteiger partial charge in [-0.15, -0.1) is 0 Å². The number of anilines is 1. The van der Waals surface area contributed by atoms with Crippen molar-refractivity contribution >= 4 is 22.6 Å². The van der Waals surface area contributed by atoms with Crippen molar-refractivity contribution in [1.29, 1.82) is 0 Å². The number of fused-ring (bicyclic) bond motifs is 1. The fraction of sp³-hybridized carbons (Fsp3) is 0.591. The van der Waals surface area contributed by atoms with Gasteiger partial charge in [0, 0.05) is 30.9 Å². The van der Waals surface area contributed by atoms with Gasteiger partial charge in [0.15, 0.2) is 0 Å². The number of rotatable bonds is 6. The normalized spacial score (nSPS) is 18.7. The van der Waals surface area contributed by atoms with Crippen LogP contribution >= 0.6 is 0 Å². The molecule has 1 aromatic carbocycles. The number of hydrogen-bond acceptors (Lipinski definition) is 5. The molecule has 1 aromatic heterocycles. The summed E-state index contributed by atoms with van der Waals surface area (Å²) in [6.45, 7) is 8.19. The first-order valence-electron chi connectivity index (χ1n) is 10.7. The van der Waals surface area contributed by atoms with Crippen LogP contribution in [0.25, 0.3) is 10.9 Å². The van der Waals surface area contributed by atoms with Gasteiger partial charge < -0.3 is 15.1 Å². The Bertz CT molecular complexity index is 810. The van der Waals surface area contributed by atoms with Gasteiger partial charge in [0.2, 0.25) is 5.91 Å². The zero-order valence-corrected chi connectivity index (χ0v) is 16.9. The number of aryl methyl sites for hydroxylation is 1. The molecule has 2 aromatic rings. The van der Waals surface area contributed by atoms with Gasteiger partial charge in [0.25, 0.3) is 0 Å². The number of hydrogen-bond donors (Lipinski definition) is 1. The fourth-order valence-electron chi connectivity index (χ4n) is 4.43. The Morgan fingerprint density at radius 2 is 1.93 bits per heavy atom. The summed E-state index contributed by atoms with van der Waals surface area (Å²) in [7, 11) is 0. The van der Waals surface area contributed by atoms with Gasteiger partial charge in [-0.05, 0) is 70.8 Å². The van der Waals surface area contributed by atoms with E-state index in [-0.39, 0.29) is 11.8 Å². The minimum absolute atomic E-state index is 0.123. The number of nitrogens with one attached hydrogen (secondary N) is 1. The number of aromatic nitrogens is 2. The lowest BCUT2D eigenvalue weighted by Gasteiger charge is -2.32. The van der Waals surface area contributed by atoms with Gasteiger partial charge in [-0.25, -0.2) is 9.97 Å². The van der Waals surface area contributed by atoms with Gasteiger partial charge in [0.1, 0.15) is 12.1 Å². The summed E-state index contributed by atoms with van der Waals surface area (Å²) in [5, 5.41) is 4.26. The van der Waals surface area contributed by atoms with Crippen LogP contribution < -0.4 is 10.2 Å². The van der Waals surface area contributed by atoms with Crippen molar-refractivity contribution in [3.05, 3.63) is 30.1 Å². The van der Waals surface area contributed by atoms with Crippen LogP contribution in [0.5, 0.6) is 0 Å². The summed E-state index contributed by atoms with van der Waals surface area (Å²) in [5.74, 6) is 1.35. The number of carbonyl (C=O) groups excluding carboxylic acids is 1. The van der Waals surface area contributed by atoms with E-state index in [1.807, 2.05) is 0 Å². The second kappa shape index (κ2) is 8.86. The predicted octanol–water partition coefficient (Wildman–Crippen LogP) is 2.76. The second-order valence-electron chi connectivity index (χ2n) is 8.17. The van der Waals surface area contributed by atoms with Crippen molar-refractivity contribution in [2.75, 3.05) is 44.2 Å². The van der Waals surface area contributed by atoms with Crippen LogP contribution in [0.2, 0.25) is 0 Å². The van der Waals surface area contributed by atoms with Crippen molar-refractivity contribution in [2.45, 2.75) is 39.0 Å². The lowest BCUT2D eigenvalue weighted by Crippen LogP contribution is -2.41. The second-order valence-corrected chi connectivity index (χ2v) is 8.17. The van der Waals surface area contributed by atoms with E-state index < -0.39 is 0 Å². The molecule has 6 nitrogen and oxygen atoms in total. The van der Waals surface area contributed by atoms with E-state index in [9.17, 15) is 4.79 Å². The zero-order valence-electron chi connectivity index (χ0n) is 16.9. The number of carbonyl (C=O) groups is 1. The highest BCUT2D eigenvalue weighted by molar-refractivity contribution is 5.90. The Balaban J connectivity index is 1.27. The van der Waals surface area contributed by atoms with E-state index in [1.165, 1.54) is 31.5 Å². The van der Waals surface area contributed by atoms with Crippen molar-refractivity contribution in [3.63, 3.8) is 0 Å². The quantitative estimate of drug-likeness (QED) is 0.780. The van der Waals surface area contributed by atoms with Gasteiger partial charge in [0.05, 0.1) is 5.52 Å². The molecule has 1 amide bonds. The van der Waals surface area contributed by atoms with E-state index in [4.69, 9.17) is 0 Å². The Kier molecular flexibility index (Phi) is 6.05. The average molecular weight is 382 g/mol. The Morgan fingerprint density at radius 3 is 2.71 bits per heavy atom. The van der Waals surface area contributed by atoms with Gasteiger partial charge in [-0.1, -0.05) is 11.6 Å². The third-order valence-corrected chi connectivity index (χ3v) is 6.08. The number of amides is 1. The van der Waals surface area contributed by atoms with Gasteiger partial charge >= 0.3 is 0 Å². The number of likely N-dealkylation sites (tertiary alicyclic amines) is 1. The molecular weight excluding hydrogens is 350 g/mol. The number of nitrogens with zero attached hydrogens (tertiary/aromatic N) is 4. The largest absolute Gasteiger partial charge is 0.356 e. The third-order valence-electron chi connectivity index (χ3n) is 6.08. The molecule has 2 aliphatic rings. The molecular formula is C22H31N5O. The minimum atomic E-state index is 0.123. The molecule has 4 rings (SSSR count). The average Bonchev–Trinajstić information content (AvgIpc) is 3.24. The maximum Gasteiger partial charge on any atom is 0.223 e. The van der Waals surface area contributed by atoms with Crippen LogP contribution in [-0.4, -0.2) is 60.0 Å². The molecule has 2 fully saturated rings. The van der Waals surface area contributed by atoms with E-state index in [2.05, 4.69) is 50.2 Å². The summed E-state index contributed by atoms with van der Waals surface area (Å²) in [5.41, 5.74) is 2.19. The zero-order chi connectivity index (χ0) is 19.3. The molecule has 2 saturated heterocycles. The summed E-state index contributed by atoms with van der Waals surface area (Å²) in [4.78, 5) is 26.3. The van der Waals surface area contributed by atoms with E-state index in [0.717, 1.165) is 62.2 Å². The van der Waals surface area contributed by atoms with Crippen LogP contribution in [0.4, 0.5) is 5.82 Å². The Labute approximate surface area is 167 Å². The topological polar surface area (TPSA) is 61.4 Å². The maximum atomic E-state index is 12.5. The molecule has 0 atom stereocenters. The highest BCUT2D eigenvalue weighted by atomic mass is 16.1. The molecule has 0 spiro atoms. The first-order chi connectivity index (χ1) is 13.7. The lowest BCUT2D eigenvalue weighted by molar-refractivity contribution is -0.125. The molecule has 0 aliphatic carbocycles. The van der Waals surface area contributed by atoms with Crippen LogP contribution in [0.3, 0.4) is 0 Å². The third kappa shape index (κ3) is 4.43. The smallest absolute Gasteiger partial charge is 0.223 e. The van der Waals surface area contributed by atoms with E-state index in [1.54, 1.807) is 6.33 Å². The predicted molar refractivity (Wildman–Crippen MR) is 113 cm³/mol. The SMILES string of the molecule is Cc1ccc2ncnc(N3CCC(C(=O)NCCCN4CCCC4)CC3)c2c1. The first kappa shape index (κ1) is 19.1. The standard InChI is InChI=1S/C22H31N5O/c1-17-5-6-20-19(15-17)21(25-16-24-20)27-13-7-18(8-14-27)22(28)23-9-4-12-26-10-2-3-11-26/h5-6,15-16,18H,2-4,7-14H2,1H3,(H,23,28). The lowest BCUT2D eigenvalue weighted by atomic mass is 9.95. The Morgan fingerprint density at radius 1 is 1.14 bits per heavy atom. The minimum Gasteiger partial charge on any atom is -0.356 e. The van der Waals surface area contributed by atoms with Crippen LogP contribution in [0.1, 0.15) is 37.7 Å². The van der Waals surface area contributed by atoms with Crippen molar-refractivity contribution in [2.24, 2.45) is 5.92 Å². The molecule has 3 heterocycles. The highest BCUT2D eigenvalue weighted by Gasteiger charge is 2.26. The van der Waals surface area contributed by atoms with Crippen molar-refractivity contribution in [1.82, 2.24) is 20.2 Å². The molecule has 2 aliphatic heterocycles. The molecule has 0 radical (unpaired) electrons. The molecule has 0 saturated carbocycles. The molecule has 150 valence electrons. The van der Waals surface area contributed by atoms with Crippen LogP contribution in [0, 0.1) is 12.8 Å². The molecule has 28 heavy (non-hydrogen) atoms. The highest BCUT2D eigenvalue weighted by Crippen LogP contribution is 2.28. The fourth-order valence-corrected chi connectivity index (χ4v) is 4.43. The van der Waals surface area contributed by atoms with Crippen LogP contribution in [0.15, 0.2) is 24.5 Å². The molecule has 0 bridgehead atoms. The van der Waals surface area contributed by atoms with Crippen molar-refractivity contribution in [3.8, 4) is 0 Å².